The van der Waals surface area contributed by atoms with Gasteiger partial charge in [0.2, 0.25) is 0 Å². The molecule has 0 saturated carbocycles. The molecule has 0 amide bonds. The van der Waals surface area contributed by atoms with Crippen molar-refractivity contribution in [1.82, 2.24) is 5.32 Å². The first-order valence-corrected chi connectivity index (χ1v) is 6.20. The second kappa shape index (κ2) is 5.93. The molecule has 4 nitrogen and oxygen atoms in total. The van der Waals surface area contributed by atoms with Crippen molar-refractivity contribution in [3.8, 4) is 11.8 Å². The number of carbonyl (C=O) groups excluding carboxylic acids is 1. The first-order valence-electron chi connectivity index (χ1n) is 6.20. The van der Waals surface area contributed by atoms with Crippen LogP contribution in [-0.4, -0.2) is 19.1 Å². The number of ether oxygens (including phenoxy) is 1. The normalized spacial score (nSPS) is 17.7. The number of nitrogens with zero attached hydrogens (tertiary/aromatic N) is 1. The van der Waals surface area contributed by atoms with Crippen LogP contribution in [0.25, 0.3) is 0 Å². The maximum absolute atomic E-state index is 12.8. The van der Waals surface area contributed by atoms with Gasteiger partial charge in [0, 0.05) is 18.0 Å². The second-order valence-corrected chi connectivity index (χ2v) is 4.51. The SMILES string of the molecule is COc1cccc(C2C(C#N)=CNC=C2C(=O)C(F)(F)F)c1. The van der Waals surface area contributed by atoms with Gasteiger partial charge in [-0.2, -0.15) is 18.4 Å². The second-order valence-electron chi connectivity index (χ2n) is 4.51. The number of halogens is 3. The molecule has 1 unspecified atom stereocenters. The zero-order valence-electron chi connectivity index (χ0n) is 11.4. The number of carbonyl (C=O) groups is 1. The van der Waals surface area contributed by atoms with E-state index in [0.717, 1.165) is 6.20 Å². The summed E-state index contributed by atoms with van der Waals surface area (Å²) in [5.74, 6) is -2.64. The summed E-state index contributed by atoms with van der Waals surface area (Å²) >= 11 is 0. The Morgan fingerprint density at radius 3 is 2.68 bits per heavy atom. The number of hydrogen-bond donors (Lipinski definition) is 1. The average Bonchev–Trinajstić information content (AvgIpc) is 2.52. The predicted octanol–water partition coefficient (Wildman–Crippen LogP) is 2.80. The Kier molecular flexibility index (Phi) is 4.22. The molecule has 2 rings (SSSR count). The molecule has 114 valence electrons. The van der Waals surface area contributed by atoms with E-state index in [4.69, 9.17) is 10.00 Å². The number of allylic oxidation sites excluding steroid dienone is 2. The third-order valence-electron chi connectivity index (χ3n) is 3.18. The quantitative estimate of drug-likeness (QED) is 0.932. The fourth-order valence-corrected chi connectivity index (χ4v) is 2.19. The smallest absolute Gasteiger partial charge is 0.454 e. The Morgan fingerprint density at radius 2 is 2.09 bits per heavy atom. The fourth-order valence-electron chi connectivity index (χ4n) is 2.19. The molecule has 1 atom stereocenters. The minimum Gasteiger partial charge on any atom is -0.497 e. The Labute approximate surface area is 124 Å². The molecule has 7 heteroatoms. The molecule has 1 aromatic carbocycles. The number of dihydropyridines is 1. The maximum atomic E-state index is 12.8. The van der Waals surface area contributed by atoms with Gasteiger partial charge in [-0.15, -0.1) is 0 Å². The molecule has 1 aromatic rings. The molecule has 0 fully saturated rings. The molecule has 1 aliphatic heterocycles. The van der Waals surface area contributed by atoms with Gasteiger partial charge in [0.25, 0.3) is 5.78 Å². The third-order valence-corrected chi connectivity index (χ3v) is 3.18. The van der Waals surface area contributed by atoms with E-state index in [-0.39, 0.29) is 5.57 Å². The summed E-state index contributed by atoms with van der Waals surface area (Å²) in [6.45, 7) is 0. The van der Waals surface area contributed by atoms with Gasteiger partial charge in [-0.05, 0) is 17.7 Å². The van der Waals surface area contributed by atoms with Crippen LogP contribution in [0, 0.1) is 11.3 Å². The highest BCUT2D eigenvalue weighted by Gasteiger charge is 2.44. The van der Waals surface area contributed by atoms with Crippen LogP contribution in [0.15, 0.2) is 47.8 Å². The highest BCUT2D eigenvalue weighted by atomic mass is 19.4. The van der Waals surface area contributed by atoms with E-state index in [1.807, 2.05) is 6.07 Å². The Morgan fingerprint density at radius 1 is 1.36 bits per heavy atom. The van der Waals surface area contributed by atoms with Crippen LogP contribution in [0.4, 0.5) is 13.2 Å². The number of benzene rings is 1. The van der Waals surface area contributed by atoms with E-state index in [0.29, 0.717) is 11.3 Å². The minimum atomic E-state index is -5.01. The van der Waals surface area contributed by atoms with Crippen molar-refractivity contribution in [1.29, 1.82) is 5.26 Å². The highest BCUT2D eigenvalue weighted by Crippen LogP contribution is 2.38. The molecule has 0 bridgehead atoms. The van der Waals surface area contributed by atoms with Gasteiger partial charge in [0.1, 0.15) is 5.75 Å². The maximum Gasteiger partial charge on any atom is 0.454 e. The largest absolute Gasteiger partial charge is 0.497 e. The molecule has 1 aliphatic rings. The molecule has 1 heterocycles. The van der Waals surface area contributed by atoms with E-state index in [1.54, 1.807) is 18.2 Å². The molecule has 0 radical (unpaired) electrons. The number of hydrogen-bond acceptors (Lipinski definition) is 4. The van der Waals surface area contributed by atoms with Gasteiger partial charge in [-0.1, -0.05) is 12.1 Å². The monoisotopic (exact) mass is 308 g/mol. The molecule has 1 N–H and O–H groups in total. The zero-order valence-corrected chi connectivity index (χ0v) is 11.4. The van der Waals surface area contributed by atoms with E-state index < -0.39 is 23.5 Å². The van der Waals surface area contributed by atoms with Crippen LogP contribution in [0.3, 0.4) is 0 Å². The van der Waals surface area contributed by atoms with Gasteiger partial charge >= 0.3 is 6.18 Å². The molecule has 0 aliphatic carbocycles. The molecule has 22 heavy (non-hydrogen) atoms. The zero-order chi connectivity index (χ0) is 16.3. The van der Waals surface area contributed by atoms with Gasteiger partial charge in [0.05, 0.1) is 24.7 Å². The Hall–Kier alpha value is -2.75. The summed E-state index contributed by atoms with van der Waals surface area (Å²) in [6.07, 6.45) is -2.76. The molecular formula is C15H11F3N2O2. The number of rotatable bonds is 3. The van der Waals surface area contributed by atoms with Crippen LogP contribution >= 0.6 is 0 Å². The number of nitrogens with one attached hydrogen (secondary N) is 1. The fraction of sp³-hybridized carbons (Fsp3) is 0.200. The first-order chi connectivity index (χ1) is 10.4. The van der Waals surface area contributed by atoms with Crippen molar-refractivity contribution >= 4 is 5.78 Å². The minimum absolute atomic E-state index is 0.0170. The third kappa shape index (κ3) is 2.96. The van der Waals surface area contributed by atoms with Gasteiger partial charge in [-0.3, -0.25) is 4.79 Å². The average molecular weight is 308 g/mol. The number of nitriles is 1. The van der Waals surface area contributed by atoms with Crippen LogP contribution in [-0.2, 0) is 4.79 Å². The molecule has 0 aromatic heterocycles. The standard InChI is InChI=1S/C15H11F3N2O2/c1-22-11-4-2-3-9(5-11)13-10(6-19)7-20-8-12(13)14(21)15(16,17)18/h2-5,7-8,13,20H,1H3. The number of Topliss-reactive ketones (excluding diaryl/α,β-unsaturated/α-hetero) is 1. The van der Waals surface area contributed by atoms with E-state index in [2.05, 4.69) is 5.32 Å². The molecular weight excluding hydrogens is 297 g/mol. The van der Waals surface area contributed by atoms with Gasteiger partial charge in [-0.25, -0.2) is 0 Å². The van der Waals surface area contributed by atoms with Crippen molar-refractivity contribution in [3.05, 3.63) is 53.4 Å². The van der Waals surface area contributed by atoms with Crippen molar-refractivity contribution in [2.45, 2.75) is 12.1 Å². The van der Waals surface area contributed by atoms with Crippen molar-refractivity contribution in [2.75, 3.05) is 7.11 Å². The number of ketones is 1. The van der Waals surface area contributed by atoms with Crippen molar-refractivity contribution in [3.63, 3.8) is 0 Å². The lowest BCUT2D eigenvalue weighted by molar-refractivity contribution is -0.166. The highest BCUT2D eigenvalue weighted by molar-refractivity contribution is 6.01. The molecule has 0 spiro atoms. The summed E-state index contributed by atoms with van der Waals surface area (Å²) in [7, 11) is 1.42. The number of alkyl halides is 3. The van der Waals surface area contributed by atoms with Crippen LogP contribution in [0.2, 0.25) is 0 Å². The summed E-state index contributed by atoms with van der Waals surface area (Å²) in [6, 6.07) is 8.07. The van der Waals surface area contributed by atoms with Crippen LogP contribution < -0.4 is 10.1 Å². The Balaban J connectivity index is 2.52. The van der Waals surface area contributed by atoms with E-state index >= 15 is 0 Å². The van der Waals surface area contributed by atoms with Crippen LogP contribution in [0.5, 0.6) is 5.75 Å². The topological polar surface area (TPSA) is 62.1 Å². The lowest BCUT2D eigenvalue weighted by atomic mass is 9.82. The summed E-state index contributed by atoms with van der Waals surface area (Å²) in [5.41, 5.74) is -0.138. The summed E-state index contributed by atoms with van der Waals surface area (Å²) < 4.78 is 43.3. The molecule has 0 saturated heterocycles. The van der Waals surface area contributed by atoms with Gasteiger partial charge in [0.15, 0.2) is 0 Å². The number of methoxy groups -OCH3 is 1. The van der Waals surface area contributed by atoms with Crippen molar-refractivity contribution in [2.24, 2.45) is 0 Å². The predicted molar refractivity (Wildman–Crippen MR) is 71.7 cm³/mol. The van der Waals surface area contributed by atoms with Crippen LogP contribution in [0.1, 0.15) is 11.5 Å². The van der Waals surface area contributed by atoms with E-state index in [9.17, 15) is 18.0 Å². The lowest BCUT2D eigenvalue weighted by Crippen LogP contribution is -2.30. The van der Waals surface area contributed by atoms with Gasteiger partial charge < -0.3 is 10.1 Å². The van der Waals surface area contributed by atoms with Crippen molar-refractivity contribution < 1.29 is 22.7 Å². The lowest BCUT2D eigenvalue weighted by Gasteiger charge is -2.24. The van der Waals surface area contributed by atoms with E-state index in [1.165, 1.54) is 19.4 Å². The summed E-state index contributed by atoms with van der Waals surface area (Å²) in [4.78, 5) is 11.6. The first kappa shape index (κ1) is 15.6. The Bertz CT molecular complexity index is 699. The summed E-state index contributed by atoms with van der Waals surface area (Å²) in [5, 5.41) is 11.6.